The summed E-state index contributed by atoms with van der Waals surface area (Å²) in [6.45, 7) is 0. The van der Waals surface area contributed by atoms with Crippen LogP contribution in [0.1, 0.15) is 10.9 Å². The number of nitrogens with two attached hydrogens (primary N) is 1. The molecular weight excluding hydrogens is 162 g/mol. The molecule has 0 aliphatic rings. The number of alkyl halides is 1. The van der Waals surface area contributed by atoms with Crippen molar-refractivity contribution in [2.24, 2.45) is 5.73 Å². The highest BCUT2D eigenvalue weighted by Crippen LogP contribution is 2.20. The molecule has 1 rings (SSSR count). The second-order valence-corrected chi connectivity index (χ2v) is 2.77. The average molecular weight is 172 g/mol. The third-order valence-electron chi connectivity index (χ3n) is 1.42. The van der Waals surface area contributed by atoms with Gasteiger partial charge in [-0.15, -0.1) is 11.6 Å². The Morgan fingerprint density at radius 1 is 1.27 bits per heavy atom. The molecule has 1 aromatic carbocycles. The van der Waals surface area contributed by atoms with Crippen LogP contribution >= 0.6 is 11.6 Å². The summed E-state index contributed by atoms with van der Waals surface area (Å²) in [5, 5.41) is 8.40. The summed E-state index contributed by atoms with van der Waals surface area (Å²) in [6, 6.07) is 9.25. The molecule has 0 aliphatic carbocycles. The van der Waals surface area contributed by atoms with Crippen molar-refractivity contribution in [2.75, 3.05) is 0 Å². The molecule has 0 radical (unpaired) electrons. The number of rotatable bonds is 2. The topological polar surface area (TPSA) is 46.2 Å². The van der Waals surface area contributed by atoms with E-state index in [4.69, 9.17) is 22.4 Å². The molecule has 0 amide bonds. The summed E-state index contributed by atoms with van der Waals surface area (Å²) in [7, 11) is 0. The van der Waals surface area contributed by atoms with Crippen molar-refractivity contribution in [3.63, 3.8) is 0 Å². The van der Waals surface area contributed by atoms with Crippen molar-refractivity contribution in [1.82, 2.24) is 0 Å². The smallest absolute Gasteiger partial charge is 0.123 e. The number of halogens is 1. The van der Waals surface area contributed by atoms with Gasteiger partial charge in [0.2, 0.25) is 0 Å². The number of aliphatic hydroxyl groups is 1. The number of benzene rings is 1. The van der Waals surface area contributed by atoms with E-state index in [1.54, 1.807) is 0 Å². The third-order valence-corrected chi connectivity index (χ3v) is 1.93. The maximum Gasteiger partial charge on any atom is 0.123 e. The van der Waals surface area contributed by atoms with Crippen LogP contribution < -0.4 is 5.73 Å². The Labute approximate surface area is 70.6 Å². The normalized spacial score (nSPS) is 15.9. The molecular formula is C8H10ClNO. The highest BCUT2D eigenvalue weighted by Gasteiger charge is 2.12. The van der Waals surface area contributed by atoms with E-state index in [-0.39, 0.29) is 0 Å². The molecule has 11 heavy (non-hydrogen) atoms. The zero-order valence-corrected chi connectivity index (χ0v) is 6.70. The van der Waals surface area contributed by atoms with Crippen molar-refractivity contribution in [3.8, 4) is 0 Å². The molecule has 0 spiro atoms. The molecule has 2 unspecified atom stereocenters. The van der Waals surface area contributed by atoms with Crippen LogP contribution in [0.15, 0.2) is 30.3 Å². The van der Waals surface area contributed by atoms with Crippen LogP contribution in [0.5, 0.6) is 0 Å². The number of hydrogen-bond donors (Lipinski definition) is 2. The van der Waals surface area contributed by atoms with Crippen LogP contribution in [-0.2, 0) is 0 Å². The Bertz CT molecular complexity index is 213. The summed E-state index contributed by atoms with van der Waals surface area (Å²) in [4.78, 5) is 0. The predicted octanol–water partition coefficient (Wildman–Crippen LogP) is 1.24. The summed E-state index contributed by atoms with van der Waals surface area (Å²) >= 11 is 5.77. The Hall–Kier alpha value is -0.570. The first-order valence-corrected chi connectivity index (χ1v) is 3.78. The third kappa shape index (κ3) is 2.19. The molecule has 2 nitrogen and oxygen atoms in total. The van der Waals surface area contributed by atoms with E-state index in [2.05, 4.69) is 0 Å². The zero-order chi connectivity index (χ0) is 8.27. The maximum atomic E-state index is 8.92. The van der Waals surface area contributed by atoms with E-state index >= 15 is 0 Å². The van der Waals surface area contributed by atoms with Crippen molar-refractivity contribution < 1.29 is 5.11 Å². The van der Waals surface area contributed by atoms with Crippen LogP contribution in [0.2, 0.25) is 0 Å². The zero-order valence-electron chi connectivity index (χ0n) is 5.94. The van der Waals surface area contributed by atoms with Gasteiger partial charge in [-0.25, -0.2) is 0 Å². The first kappa shape index (κ1) is 8.53. The van der Waals surface area contributed by atoms with Gasteiger partial charge in [0.25, 0.3) is 0 Å². The van der Waals surface area contributed by atoms with Crippen molar-refractivity contribution in [1.29, 1.82) is 0 Å². The lowest BCUT2D eigenvalue weighted by Crippen LogP contribution is -2.24. The second-order valence-electron chi connectivity index (χ2n) is 2.30. The summed E-state index contributed by atoms with van der Waals surface area (Å²) < 4.78 is 0. The first-order valence-electron chi connectivity index (χ1n) is 3.34. The van der Waals surface area contributed by atoms with Gasteiger partial charge in [0, 0.05) is 0 Å². The van der Waals surface area contributed by atoms with Crippen LogP contribution in [0, 0.1) is 0 Å². The highest BCUT2D eigenvalue weighted by atomic mass is 35.5. The van der Waals surface area contributed by atoms with E-state index < -0.39 is 11.6 Å². The molecule has 1 aromatic rings. The van der Waals surface area contributed by atoms with E-state index in [9.17, 15) is 0 Å². The van der Waals surface area contributed by atoms with E-state index in [0.717, 1.165) is 5.56 Å². The van der Waals surface area contributed by atoms with Crippen molar-refractivity contribution >= 4 is 11.6 Å². The Morgan fingerprint density at radius 2 is 1.82 bits per heavy atom. The molecule has 0 aromatic heterocycles. The molecule has 0 saturated heterocycles. The van der Waals surface area contributed by atoms with Crippen LogP contribution in [0.4, 0.5) is 0 Å². The van der Waals surface area contributed by atoms with E-state index in [1.165, 1.54) is 0 Å². The van der Waals surface area contributed by atoms with Gasteiger partial charge < -0.3 is 10.8 Å². The lowest BCUT2D eigenvalue weighted by atomic mass is 10.1. The van der Waals surface area contributed by atoms with E-state index in [1.807, 2.05) is 30.3 Å². The van der Waals surface area contributed by atoms with Gasteiger partial charge in [-0.05, 0) is 5.56 Å². The fraction of sp³-hybridized carbons (Fsp3) is 0.250. The monoisotopic (exact) mass is 171 g/mol. The predicted molar refractivity (Wildman–Crippen MR) is 45.2 cm³/mol. The molecule has 3 heteroatoms. The van der Waals surface area contributed by atoms with Crippen LogP contribution in [0.25, 0.3) is 0 Å². The number of aliphatic hydroxyl groups excluding tert-OH is 1. The summed E-state index contributed by atoms with van der Waals surface area (Å²) in [5.41, 5.74) is 6.03. The van der Waals surface area contributed by atoms with Crippen molar-refractivity contribution in [3.05, 3.63) is 35.9 Å². The minimum atomic E-state index is -1.00. The van der Waals surface area contributed by atoms with Gasteiger partial charge in [0.1, 0.15) is 6.23 Å². The van der Waals surface area contributed by atoms with Crippen LogP contribution in [0.3, 0.4) is 0 Å². The Balaban J connectivity index is 2.77. The fourth-order valence-corrected chi connectivity index (χ4v) is 0.980. The summed E-state index contributed by atoms with van der Waals surface area (Å²) in [6.07, 6.45) is -1.00. The highest BCUT2D eigenvalue weighted by molar-refractivity contribution is 6.21. The largest absolute Gasteiger partial charge is 0.377 e. The molecule has 60 valence electrons. The van der Waals surface area contributed by atoms with Gasteiger partial charge in [-0.2, -0.15) is 0 Å². The lowest BCUT2D eigenvalue weighted by Gasteiger charge is -2.11. The van der Waals surface area contributed by atoms with E-state index in [0.29, 0.717) is 0 Å². The Morgan fingerprint density at radius 3 is 2.27 bits per heavy atom. The van der Waals surface area contributed by atoms with Gasteiger partial charge in [-0.3, -0.25) is 0 Å². The molecule has 0 heterocycles. The maximum absolute atomic E-state index is 8.92. The minimum absolute atomic E-state index is 0.517. The average Bonchev–Trinajstić information content (AvgIpc) is 2.05. The molecule has 3 N–H and O–H groups in total. The summed E-state index contributed by atoms with van der Waals surface area (Å²) in [5.74, 6) is 0. The lowest BCUT2D eigenvalue weighted by molar-refractivity contribution is 0.177. The molecule has 0 bridgehead atoms. The molecule has 0 aliphatic heterocycles. The SMILES string of the molecule is NC(O)C(Cl)c1ccccc1. The fourth-order valence-electron chi connectivity index (χ4n) is 0.834. The van der Waals surface area contributed by atoms with Gasteiger partial charge in [-0.1, -0.05) is 30.3 Å². The molecule has 2 atom stereocenters. The van der Waals surface area contributed by atoms with Gasteiger partial charge >= 0.3 is 0 Å². The number of hydrogen-bond acceptors (Lipinski definition) is 2. The molecule has 0 saturated carbocycles. The van der Waals surface area contributed by atoms with Gasteiger partial charge in [0.05, 0.1) is 5.38 Å². The Kier molecular flexibility index (Phi) is 2.88. The van der Waals surface area contributed by atoms with Crippen LogP contribution in [-0.4, -0.2) is 11.3 Å². The minimum Gasteiger partial charge on any atom is -0.377 e. The second kappa shape index (κ2) is 3.72. The standard InChI is InChI=1S/C8H10ClNO/c9-7(8(10)11)6-4-2-1-3-5-6/h1-5,7-8,11H,10H2. The van der Waals surface area contributed by atoms with Crippen molar-refractivity contribution in [2.45, 2.75) is 11.6 Å². The quantitative estimate of drug-likeness (QED) is 0.520. The first-order chi connectivity index (χ1) is 5.22. The molecule has 0 fully saturated rings. The van der Waals surface area contributed by atoms with Gasteiger partial charge in [0.15, 0.2) is 0 Å².